The van der Waals surface area contributed by atoms with E-state index in [9.17, 15) is 14.3 Å². The second-order valence-electron chi connectivity index (χ2n) is 7.81. The second kappa shape index (κ2) is 13.0. The predicted octanol–water partition coefficient (Wildman–Crippen LogP) is 6.20. The van der Waals surface area contributed by atoms with Crippen molar-refractivity contribution in [1.82, 2.24) is 0 Å². The van der Waals surface area contributed by atoms with Crippen LogP contribution in [0.2, 0.25) is 0 Å². The molecule has 0 aromatic heterocycles. The number of carbonyl (C=O) groups is 1. The van der Waals surface area contributed by atoms with E-state index in [4.69, 9.17) is 4.74 Å². The Bertz CT molecular complexity index is 755. The molecule has 0 heterocycles. The van der Waals surface area contributed by atoms with Gasteiger partial charge >= 0.3 is 0 Å². The van der Waals surface area contributed by atoms with Gasteiger partial charge in [0.25, 0.3) is 5.91 Å². The number of aliphatic hydroxyl groups excluding tert-OH is 1. The summed E-state index contributed by atoms with van der Waals surface area (Å²) in [6.45, 7) is 4.52. The number of nitrogens with one attached hydrogen (secondary N) is 1. The van der Waals surface area contributed by atoms with Crippen LogP contribution < -0.4 is 10.1 Å². The Hall–Kier alpha value is -2.40. The van der Waals surface area contributed by atoms with Gasteiger partial charge in [-0.1, -0.05) is 64.5 Å². The number of amides is 1. The predicted molar refractivity (Wildman–Crippen MR) is 119 cm³/mol. The molecule has 0 saturated heterocycles. The molecular formula is C25H34FNO3. The van der Waals surface area contributed by atoms with Crippen LogP contribution in [-0.4, -0.2) is 23.7 Å². The zero-order chi connectivity index (χ0) is 21.8. The van der Waals surface area contributed by atoms with E-state index in [1.807, 2.05) is 0 Å². The smallest absolute Gasteiger partial charge is 0.259 e. The average Bonchev–Trinajstić information content (AvgIpc) is 2.76. The van der Waals surface area contributed by atoms with Crippen LogP contribution in [0.1, 0.15) is 69.2 Å². The first-order valence-corrected chi connectivity index (χ1v) is 11.0. The van der Waals surface area contributed by atoms with Gasteiger partial charge in [-0.3, -0.25) is 4.79 Å². The van der Waals surface area contributed by atoms with E-state index in [2.05, 4.69) is 19.2 Å². The molecule has 30 heavy (non-hydrogen) atoms. The molecule has 0 aliphatic carbocycles. The number of benzene rings is 2. The van der Waals surface area contributed by atoms with Gasteiger partial charge in [-0.15, -0.1) is 0 Å². The van der Waals surface area contributed by atoms with Gasteiger partial charge in [0.1, 0.15) is 18.2 Å². The third-order valence-electron chi connectivity index (χ3n) is 5.20. The van der Waals surface area contributed by atoms with Crippen molar-refractivity contribution in [2.24, 2.45) is 5.92 Å². The maximum atomic E-state index is 13.1. The minimum Gasteiger partial charge on any atom is -0.490 e. The van der Waals surface area contributed by atoms with Crippen molar-refractivity contribution in [3.05, 3.63) is 59.9 Å². The summed E-state index contributed by atoms with van der Waals surface area (Å²) in [5.74, 6) is 0.229. The van der Waals surface area contributed by atoms with Crippen LogP contribution in [-0.2, 0) is 0 Å². The molecule has 4 nitrogen and oxygen atoms in total. The minimum atomic E-state index is -0.572. The zero-order valence-electron chi connectivity index (χ0n) is 18.1. The van der Waals surface area contributed by atoms with Crippen molar-refractivity contribution in [3.63, 3.8) is 0 Å². The Morgan fingerprint density at radius 2 is 1.67 bits per heavy atom. The molecule has 2 N–H and O–H groups in total. The number of para-hydroxylation sites is 1. The van der Waals surface area contributed by atoms with Gasteiger partial charge in [0.2, 0.25) is 0 Å². The summed E-state index contributed by atoms with van der Waals surface area (Å²) in [5, 5.41) is 13.3. The fourth-order valence-corrected chi connectivity index (χ4v) is 3.52. The summed E-state index contributed by atoms with van der Waals surface area (Å²) in [6.07, 6.45) is 7.07. The number of hydrogen-bond donors (Lipinski definition) is 2. The number of carbonyl (C=O) groups excluding carboxylic acids is 1. The maximum absolute atomic E-state index is 13.1. The molecule has 0 bridgehead atoms. The van der Waals surface area contributed by atoms with Crippen LogP contribution in [0, 0.1) is 11.7 Å². The first-order chi connectivity index (χ1) is 14.5. The topological polar surface area (TPSA) is 58.6 Å². The highest BCUT2D eigenvalue weighted by Crippen LogP contribution is 2.24. The molecule has 2 aromatic carbocycles. The molecule has 2 aromatic rings. The fraction of sp³-hybridized carbons (Fsp3) is 0.480. The lowest BCUT2D eigenvalue weighted by Crippen LogP contribution is -2.22. The van der Waals surface area contributed by atoms with Gasteiger partial charge < -0.3 is 15.2 Å². The molecule has 0 aliphatic heterocycles. The highest BCUT2D eigenvalue weighted by Gasteiger charge is 2.17. The minimum absolute atomic E-state index is 0.148. The van der Waals surface area contributed by atoms with Crippen molar-refractivity contribution in [2.75, 3.05) is 11.9 Å². The molecule has 0 fully saturated rings. The molecular weight excluding hydrogens is 381 g/mol. The van der Waals surface area contributed by atoms with Crippen LogP contribution in [0.5, 0.6) is 5.75 Å². The van der Waals surface area contributed by atoms with Crippen LogP contribution in [0.3, 0.4) is 0 Å². The number of halogens is 1. The Morgan fingerprint density at radius 3 is 2.30 bits per heavy atom. The lowest BCUT2D eigenvalue weighted by Gasteiger charge is -2.21. The molecule has 2 rings (SSSR count). The molecule has 1 unspecified atom stereocenters. The van der Waals surface area contributed by atoms with Gasteiger partial charge in [-0.2, -0.15) is 0 Å². The maximum Gasteiger partial charge on any atom is 0.259 e. The Morgan fingerprint density at radius 1 is 1.03 bits per heavy atom. The van der Waals surface area contributed by atoms with E-state index in [0.29, 0.717) is 29.3 Å². The van der Waals surface area contributed by atoms with Crippen molar-refractivity contribution < 1.29 is 19.0 Å². The van der Waals surface area contributed by atoms with E-state index in [1.54, 1.807) is 24.3 Å². The number of rotatable bonds is 13. The number of anilines is 1. The van der Waals surface area contributed by atoms with Crippen molar-refractivity contribution in [2.45, 2.75) is 64.9 Å². The van der Waals surface area contributed by atoms with Crippen LogP contribution in [0.25, 0.3) is 0 Å². The van der Waals surface area contributed by atoms with E-state index < -0.39 is 6.10 Å². The molecule has 0 aliphatic rings. The van der Waals surface area contributed by atoms with Crippen molar-refractivity contribution >= 4 is 11.6 Å². The SMILES string of the molecule is CCCCC(CCCC)CC(O)COc1ccccc1C(=O)Nc1ccc(F)cc1. The van der Waals surface area contributed by atoms with E-state index in [-0.39, 0.29) is 18.3 Å². The molecule has 0 radical (unpaired) electrons. The van der Waals surface area contributed by atoms with Gasteiger partial charge in [-0.05, 0) is 48.7 Å². The molecule has 0 saturated carbocycles. The first kappa shape index (κ1) is 23.9. The van der Waals surface area contributed by atoms with Gasteiger partial charge in [0, 0.05) is 5.69 Å². The quantitative estimate of drug-likeness (QED) is 0.409. The van der Waals surface area contributed by atoms with Crippen LogP contribution in [0.15, 0.2) is 48.5 Å². The van der Waals surface area contributed by atoms with Crippen LogP contribution >= 0.6 is 0 Å². The standard InChI is InChI=1S/C25H34FNO3/c1-3-5-9-19(10-6-4-2)17-22(28)18-30-24-12-8-7-11-23(24)25(29)27-21-15-13-20(26)14-16-21/h7-8,11-16,19,22,28H,3-6,9-10,17-18H2,1-2H3,(H,27,29). The molecule has 5 heteroatoms. The summed E-state index contributed by atoms with van der Waals surface area (Å²) in [7, 11) is 0. The molecule has 1 amide bonds. The summed E-state index contributed by atoms with van der Waals surface area (Å²) < 4.78 is 18.9. The lowest BCUT2D eigenvalue weighted by atomic mass is 9.91. The molecule has 0 spiro atoms. The fourth-order valence-electron chi connectivity index (χ4n) is 3.52. The number of ether oxygens (including phenoxy) is 1. The average molecular weight is 416 g/mol. The van der Waals surface area contributed by atoms with Crippen molar-refractivity contribution in [1.29, 1.82) is 0 Å². The second-order valence-corrected chi connectivity index (χ2v) is 7.81. The Balaban J connectivity index is 1.94. The van der Waals surface area contributed by atoms with Gasteiger partial charge in [0.05, 0.1) is 11.7 Å². The summed E-state index contributed by atoms with van der Waals surface area (Å²) in [5.41, 5.74) is 0.883. The van der Waals surface area contributed by atoms with E-state index >= 15 is 0 Å². The molecule has 164 valence electrons. The summed E-state index contributed by atoms with van der Waals surface area (Å²) in [6, 6.07) is 12.5. The zero-order valence-corrected chi connectivity index (χ0v) is 18.1. The lowest BCUT2D eigenvalue weighted by molar-refractivity contribution is 0.0798. The van der Waals surface area contributed by atoms with Crippen molar-refractivity contribution in [3.8, 4) is 5.75 Å². The number of aliphatic hydroxyl groups is 1. The summed E-state index contributed by atoms with van der Waals surface area (Å²) >= 11 is 0. The van der Waals surface area contributed by atoms with Crippen LogP contribution in [0.4, 0.5) is 10.1 Å². The van der Waals surface area contributed by atoms with E-state index in [1.165, 1.54) is 37.1 Å². The monoisotopic (exact) mass is 415 g/mol. The summed E-state index contributed by atoms with van der Waals surface area (Å²) in [4.78, 5) is 12.6. The highest BCUT2D eigenvalue weighted by atomic mass is 19.1. The Kier molecular flexibility index (Phi) is 10.4. The van der Waals surface area contributed by atoms with E-state index in [0.717, 1.165) is 25.7 Å². The largest absolute Gasteiger partial charge is 0.490 e. The highest BCUT2D eigenvalue weighted by molar-refractivity contribution is 6.06. The first-order valence-electron chi connectivity index (χ1n) is 11.0. The third kappa shape index (κ3) is 8.15. The number of hydrogen-bond acceptors (Lipinski definition) is 3. The number of unbranched alkanes of at least 4 members (excludes halogenated alkanes) is 2. The van der Waals surface area contributed by atoms with Gasteiger partial charge in [-0.25, -0.2) is 4.39 Å². The molecule has 1 atom stereocenters. The third-order valence-corrected chi connectivity index (χ3v) is 5.20. The Labute approximate surface area is 179 Å². The normalized spacial score (nSPS) is 12.0. The van der Waals surface area contributed by atoms with Gasteiger partial charge in [0.15, 0.2) is 0 Å².